The number of rotatable bonds is 5. The third kappa shape index (κ3) is 3.54. The number of nitrogen functional groups attached to an aromatic ring is 1. The van der Waals surface area contributed by atoms with E-state index in [9.17, 15) is 9.59 Å². The van der Waals surface area contributed by atoms with E-state index < -0.39 is 5.97 Å². The van der Waals surface area contributed by atoms with Gasteiger partial charge in [-0.15, -0.1) is 0 Å². The number of carboxylic acids is 1. The number of carbonyl (C=O) groups is 2. The molecule has 114 valence electrons. The summed E-state index contributed by atoms with van der Waals surface area (Å²) in [5.41, 5.74) is 7.46. The van der Waals surface area contributed by atoms with Gasteiger partial charge in [0, 0.05) is 31.1 Å². The molecule has 2 rings (SSSR count). The lowest BCUT2D eigenvalue weighted by Gasteiger charge is -2.41. The number of benzene rings is 1. The summed E-state index contributed by atoms with van der Waals surface area (Å²) in [7, 11) is 0. The van der Waals surface area contributed by atoms with E-state index in [0.29, 0.717) is 25.2 Å². The molecule has 1 saturated heterocycles. The molecule has 1 amide bonds. The summed E-state index contributed by atoms with van der Waals surface area (Å²) in [5, 5.41) is 8.95. The number of carboxylic acid groups (broad SMARTS) is 1. The molecule has 21 heavy (non-hydrogen) atoms. The maximum atomic E-state index is 12.2. The van der Waals surface area contributed by atoms with Gasteiger partial charge in [0.15, 0.2) is 0 Å². The van der Waals surface area contributed by atoms with Crippen LogP contribution in [0.3, 0.4) is 0 Å². The summed E-state index contributed by atoms with van der Waals surface area (Å²) >= 11 is 0. The summed E-state index contributed by atoms with van der Waals surface area (Å²) < 4.78 is 0. The maximum Gasteiger partial charge on any atom is 0.306 e. The lowest BCUT2D eigenvalue weighted by atomic mass is 9.86. The molecule has 0 aliphatic carbocycles. The van der Waals surface area contributed by atoms with Crippen LogP contribution in [0.25, 0.3) is 0 Å². The summed E-state index contributed by atoms with van der Waals surface area (Å²) in [6, 6.07) is 7.56. The summed E-state index contributed by atoms with van der Waals surface area (Å²) in [4.78, 5) is 24.8. The molecule has 5 heteroatoms. The second kappa shape index (κ2) is 6.16. The van der Waals surface area contributed by atoms with Gasteiger partial charge < -0.3 is 15.7 Å². The van der Waals surface area contributed by atoms with Crippen LogP contribution in [-0.4, -0.2) is 35.0 Å². The Morgan fingerprint density at radius 2 is 1.86 bits per heavy atom. The van der Waals surface area contributed by atoms with E-state index in [1.165, 1.54) is 0 Å². The minimum absolute atomic E-state index is 0.0817. The third-order valence-corrected chi connectivity index (χ3v) is 4.35. The first-order chi connectivity index (χ1) is 9.88. The molecule has 1 aliphatic heterocycles. The van der Waals surface area contributed by atoms with Crippen molar-refractivity contribution in [2.75, 3.05) is 18.8 Å². The zero-order chi connectivity index (χ0) is 15.6. The largest absolute Gasteiger partial charge is 0.481 e. The van der Waals surface area contributed by atoms with E-state index in [4.69, 9.17) is 10.8 Å². The van der Waals surface area contributed by atoms with Crippen LogP contribution < -0.4 is 5.73 Å². The Labute approximate surface area is 124 Å². The summed E-state index contributed by atoms with van der Waals surface area (Å²) in [5.74, 6) is -0.869. The van der Waals surface area contributed by atoms with Crippen molar-refractivity contribution in [3.63, 3.8) is 0 Å². The van der Waals surface area contributed by atoms with Gasteiger partial charge in [-0.2, -0.15) is 0 Å². The Bertz CT molecular complexity index is 521. The molecule has 2 unspecified atom stereocenters. The molecule has 0 aromatic heterocycles. The first kappa shape index (κ1) is 15.4. The number of likely N-dealkylation sites (tertiary alicyclic amines) is 1. The molecule has 1 fully saturated rings. The van der Waals surface area contributed by atoms with Crippen LogP contribution in [0.15, 0.2) is 24.3 Å². The summed E-state index contributed by atoms with van der Waals surface area (Å²) in [6.07, 6.45) is 0.443. The van der Waals surface area contributed by atoms with E-state index >= 15 is 0 Å². The number of nitrogens with zero attached hydrogens (tertiary/aromatic N) is 1. The van der Waals surface area contributed by atoms with Crippen LogP contribution in [0, 0.1) is 11.8 Å². The quantitative estimate of drug-likeness (QED) is 0.812. The molecule has 1 aromatic rings. The lowest BCUT2D eigenvalue weighted by molar-refractivity contribution is -0.150. The highest BCUT2D eigenvalue weighted by molar-refractivity contribution is 5.78. The van der Waals surface area contributed by atoms with Gasteiger partial charge in [0.05, 0.1) is 5.92 Å². The van der Waals surface area contributed by atoms with Crippen molar-refractivity contribution >= 4 is 17.6 Å². The lowest BCUT2D eigenvalue weighted by Crippen LogP contribution is -2.53. The average molecular weight is 290 g/mol. The summed E-state index contributed by atoms with van der Waals surface area (Å²) in [6.45, 7) is 4.83. The first-order valence-corrected chi connectivity index (χ1v) is 7.24. The molecule has 3 N–H and O–H groups in total. The van der Waals surface area contributed by atoms with Gasteiger partial charge in [-0.25, -0.2) is 0 Å². The monoisotopic (exact) mass is 290 g/mol. The Balaban J connectivity index is 1.83. The van der Waals surface area contributed by atoms with Gasteiger partial charge in [-0.1, -0.05) is 26.0 Å². The second-order valence-electron chi connectivity index (χ2n) is 5.96. The van der Waals surface area contributed by atoms with E-state index in [1.807, 2.05) is 31.2 Å². The van der Waals surface area contributed by atoms with Gasteiger partial charge in [0.1, 0.15) is 0 Å². The molecule has 0 radical (unpaired) electrons. The highest BCUT2D eigenvalue weighted by Crippen LogP contribution is 2.27. The van der Waals surface area contributed by atoms with Crippen LogP contribution in [0.2, 0.25) is 0 Å². The molecular formula is C16H22N2O3. The Morgan fingerprint density at radius 3 is 2.38 bits per heavy atom. The number of amides is 1. The van der Waals surface area contributed by atoms with Crippen LogP contribution >= 0.6 is 0 Å². The SMILES string of the molecule is CC(CC(=O)N1CC(C(C)C(=O)O)C1)c1ccc(N)cc1. The molecule has 1 aliphatic rings. The number of hydrogen-bond donors (Lipinski definition) is 2. The molecule has 2 atom stereocenters. The average Bonchev–Trinajstić information content (AvgIpc) is 2.37. The highest BCUT2D eigenvalue weighted by atomic mass is 16.4. The normalized spacial score (nSPS) is 17.9. The number of anilines is 1. The van der Waals surface area contributed by atoms with E-state index in [2.05, 4.69) is 0 Å². The first-order valence-electron chi connectivity index (χ1n) is 7.24. The standard InChI is InChI=1S/C16H22N2O3/c1-10(12-3-5-14(17)6-4-12)7-15(19)18-8-13(9-18)11(2)16(20)21/h3-6,10-11,13H,7-9,17H2,1-2H3,(H,20,21). The van der Waals surface area contributed by atoms with E-state index in [1.54, 1.807) is 11.8 Å². The van der Waals surface area contributed by atoms with Gasteiger partial charge in [-0.05, 0) is 23.6 Å². The Hall–Kier alpha value is -2.04. The van der Waals surface area contributed by atoms with Crippen molar-refractivity contribution in [1.29, 1.82) is 0 Å². The Morgan fingerprint density at radius 1 is 1.29 bits per heavy atom. The van der Waals surface area contributed by atoms with Crippen molar-refractivity contribution < 1.29 is 14.7 Å². The fourth-order valence-corrected chi connectivity index (χ4v) is 2.57. The van der Waals surface area contributed by atoms with Crippen molar-refractivity contribution in [3.05, 3.63) is 29.8 Å². The number of hydrogen-bond acceptors (Lipinski definition) is 3. The van der Waals surface area contributed by atoms with Crippen LogP contribution in [0.5, 0.6) is 0 Å². The van der Waals surface area contributed by atoms with Gasteiger partial charge in [-0.3, -0.25) is 9.59 Å². The highest BCUT2D eigenvalue weighted by Gasteiger charge is 2.37. The third-order valence-electron chi connectivity index (χ3n) is 4.35. The fourth-order valence-electron chi connectivity index (χ4n) is 2.57. The van der Waals surface area contributed by atoms with E-state index in [-0.39, 0.29) is 23.7 Å². The minimum atomic E-state index is -0.789. The predicted molar refractivity (Wildman–Crippen MR) is 80.8 cm³/mol. The van der Waals surface area contributed by atoms with Crippen molar-refractivity contribution in [2.45, 2.75) is 26.2 Å². The molecule has 0 saturated carbocycles. The molecule has 1 aromatic carbocycles. The molecule has 5 nitrogen and oxygen atoms in total. The van der Waals surface area contributed by atoms with Crippen LogP contribution in [-0.2, 0) is 9.59 Å². The molecule has 0 spiro atoms. The zero-order valence-electron chi connectivity index (χ0n) is 12.5. The van der Waals surface area contributed by atoms with Crippen LogP contribution in [0.1, 0.15) is 31.7 Å². The predicted octanol–water partition coefficient (Wildman–Crippen LogP) is 1.94. The number of nitrogens with two attached hydrogens (primary N) is 1. The van der Waals surface area contributed by atoms with Crippen LogP contribution in [0.4, 0.5) is 5.69 Å². The second-order valence-corrected chi connectivity index (χ2v) is 5.96. The van der Waals surface area contributed by atoms with Crippen molar-refractivity contribution in [2.24, 2.45) is 11.8 Å². The molecular weight excluding hydrogens is 268 g/mol. The van der Waals surface area contributed by atoms with E-state index in [0.717, 1.165) is 5.56 Å². The smallest absolute Gasteiger partial charge is 0.306 e. The number of aliphatic carboxylic acids is 1. The number of carbonyl (C=O) groups excluding carboxylic acids is 1. The Kier molecular flexibility index (Phi) is 4.50. The minimum Gasteiger partial charge on any atom is -0.481 e. The molecule has 1 heterocycles. The molecule has 0 bridgehead atoms. The van der Waals surface area contributed by atoms with Crippen molar-refractivity contribution in [1.82, 2.24) is 4.90 Å². The van der Waals surface area contributed by atoms with Gasteiger partial charge in [0.25, 0.3) is 0 Å². The zero-order valence-corrected chi connectivity index (χ0v) is 12.5. The maximum absolute atomic E-state index is 12.2. The van der Waals surface area contributed by atoms with Gasteiger partial charge >= 0.3 is 5.97 Å². The van der Waals surface area contributed by atoms with Crippen molar-refractivity contribution in [3.8, 4) is 0 Å². The topological polar surface area (TPSA) is 83.6 Å². The van der Waals surface area contributed by atoms with Gasteiger partial charge in [0.2, 0.25) is 5.91 Å². The fraction of sp³-hybridized carbons (Fsp3) is 0.500.